The predicted octanol–water partition coefficient (Wildman–Crippen LogP) is 3.08. The van der Waals surface area contributed by atoms with Gasteiger partial charge < -0.3 is 20.4 Å². The number of ether oxygens (including phenoxy) is 1. The average molecular weight is 472 g/mol. The number of hydrogen-bond donors (Lipinski definition) is 2. The predicted molar refractivity (Wildman–Crippen MR) is 134 cm³/mol. The molecule has 8 nitrogen and oxygen atoms in total. The number of imidazole rings is 1. The Hall–Kier alpha value is -3.49. The van der Waals surface area contributed by atoms with Gasteiger partial charge in [-0.15, -0.1) is 0 Å². The summed E-state index contributed by atoms with van der Waals surface area (Å²) in [6, 6.07) is 11.8. The van der Waals surface area contributed by atoms with Gasteiger partial charge in [0.25, 0.3) is 11.5 Å². The molecule has 0 spiro atoms. The SMILES string of the molecule is Cc1cc2c(cc1C(=O)N1CCc3ccccc3C1CN)[nH]c(=O)c1cnc(C3CCOCC3)n12. The zero-order chi connectivity index (χ0) is 24.1. The summed E-state index contributed by atoms with van der Waals surface area (Å²) in [5.74, 6) is 1.05. The average Bonchev–Trinajstić information content (AvgIpc) is 3.34. The highest BCUT2D eigenvalue weighted by Crippen LogP contribution is 2.32. The first kappa shape index (κ1) is 22.0. The Bertz CT molecular complexity index is 1500. The van der Waals surface area contributed by atoms with Crippen molar-refractivity contribution in [1.82, 2.24) is 19.3 Å². The van der Waals surface area contributed by atoms with E-state index < -0.39 is 0 Å². The Morgan fingerprint density at radius 3 is 2.80 bits per heavy atom. The van der Waals surface area contributed by atoms with Gasteiger partial charge in [-0.25, -0.2) is 4.98 Å². The van der Waals surface area contributed by atoms with E-state index in [1.165, 1.54) is 5.56 Å². The second-order valence-corrected chi connectivity index (χ2v) is 9.56. The zero-order valence-electron chi connectivity index (χ0n) is 19.8. The quantitative estimate of drug-likeness (QED) is 0.478. The van der Waals surface area contributed by atoms with Crippen LogP contribution >= 0.6 is 0 Å². The van der Waals surface area contributed by atoms with Crippen molar-refractivity contribution in [2.75, 3.05) is 26.3 Å². The molecular weight excluding hydrogens is 442 g/mol. The molecule has 180 valence electrons. The summed E-state index contributed by atoms with van der Waals surface area (Å²) in [6.45, 7) is 4.31. The number of amides is 1. The molecule has 0 radical (unpaired) electrons. The molecule has 2 aromatic heterocycles. The number of rotatable bonds is 3. The number of aromatic amines is 1. The van der Waals surface area contributed by atoms with E-state index in [9.17, 15) is 9.59 Å². The van der Waals surface area contributed by atoms with Gasteiger partial charge in [0.1, 0.15) is 11.3 Å². The highest BCUT2D eigenvalue weighted by molar-refractivity contribution is 5.99. The summed E-state index contributed by atoms with van der Waals surface area (Å²) in [4.78, 5) is 36.2. The molecule has 2 aliphatic heterocycles. The van der Waals surface area contributed by atoms with Crippen LogP contribution in [0.3, 0.4) is 0 Å². The molecule has 2 aliphatic rings. The smallest absolute Gasteiger partial charge is 0.274 e. The van der Waals surface area contributed by atoms with Gasteiger partial charge in [0, 0.05) is 37.8 Å². The third-order valence-electron chi connectivity index (χ3n) is 7.57. The molecular formula is C27H29N5O3. The highest BCUT2D eigenvalue weighted by Gasteiger charge is 2.31. The molecule has 1 fully saturated rings. The van der Waals surface area contributed by atoms with Gasteiger partial charge in [-0.1, -0.05) is 24.3 Å². The molecule has 8 heteroatoms. The highest BCUT2D eigenvalue weighted by atomic mass is 16.5. The number of nitrogens with two attached hydrogens (primary N) is 1. The number of aryl methyl sites for hydroxylation is 1. The summed E-state index contributed by atoms with van der Waals surface area (Å²) in [5.41, 5.74) is 11.7. The van der Waals surface area contributed by atoms with Gasteiger partial charge in [-0.2, -0.15) is 0 Å². The maximum Gasteiger partial charge on any atom is 0.274 e. The zero-order valence-corrected chi connectivity index (χ0v) is 19.8. The molecule has 35 heavy (non-hydrogen) atoms. The summed E-state index contributed by atoms with van der Waals surface area (Å²) in [7, 11) is 0. The third kappa shape index (κ3) is 3.56. The lowest BCUT2D eigenvalue weighted by Crippen LogP contribution is -2.43. The molecule has 2 aromatic carbocycles. The second-order valence-electron chi connectivity index (χ2n) is 9.56. The lowest BCUT2D eigenvalue weighted by Gasteiger charge is -2.37. The number of nitrogens with zero attached hydrogens (tertiary/aromatic N) is 3. The number of aromatic nitrogens is 3. The number of carbonyl (C=O) groups is 1. The van der Waals surface area contributed by atoms with Crippen LogP contribution in [0.4, 0.5) is 0 Å². The molecule has 3 N–H and O–H groups in total. The van der Waals surface area contributed by atoms with Crippen LogP contribution in [-0.4, -0.2) is 51.5 Å². The van der Waals surface area contributed by atoms with Crippen LogP contribution < -0.4 is 11.3 Å². The van der Waals surface area contributed by atoms with E-state index in [-0.39, 0.29) is 23.4 Å². The van der Waals surface area contributed by atoms with Crippen molar-refractivity contribution in [3.8, 4) is 0 Å². The van der Waals surface area contributed by atoms with Crippen LogP contribution in [0.2, 0.25) is 0 Å². The van der Waals surface area contributed by atoms with Gasteiger partial charge in [0.05, 0.1) is 23.3 Å². The Labute approximate surface area is 202 Å². The minimum Gasteiger partial charge on any atom is -0.381 e. The Kier molecular flexibility index (Phi) is 5.42. The molecule has 4 aromatic rings. The monoisotopic (exact) mass is 471 g/mol. The Morgan fingerprint density at radius 2 is 2.00 bits per heavy atom. The van der Waals surface area contributed by atoms with Crippen LogP contribution in [0, 0.1) is 6.92 Å². The second kappa shape index (κ2) is 8.62. The van der Waals surface area contributed by atoms with Crippen molar-refractivity contribution in [3.05, 3.63) is 81.0 Å². The van der Waals surface area contributed by atoms with Crippen LogP contribution in [0.15, 0.2) is 47.4 Å². The van der Waals surface area contributed by atoms with E-state index in [0.717, 1.165) is 41.7 Å². The standard InChI is InChI=1S/C27H29N5O3/c1-16-12-22-21(30-26(33)24-15-29-25(32(22)24)18-7-10-35-11-8-18)13-20(16)27(34)31-9-6-17-4-2-3-5-19(17)23(31)14-28/h2-5,12-13,15,18,23H,6-11,14,28H2,1H3,(H,30,33). The minimum absolute atomic E-state index is 0.0643. The van der Waals surface area contributed by atoms with E-state index in [2.05, 4.69) is 22.1 Å². The van der Waals surface area contributed by atoms with Gasteiger partial charge in [0.15, 0.2) is 0 Å². The first-order valence-corrected chi connectivity index (χ1v) is 12.3. The van der Waals surface area contributed by atoms with E-state index in [0.29, 0.717) is 42.9 Å². The number of nitrogens with one attached hydrogen (secondary N) is 1. The summed E-state index contributed by atoms with van der Waals surface area (Å²) in [5, 5.41) is 0. The molecule has 0 saturated carbocycles. The number of benzene rings is 2. The van der Waals surface area contributed by atoms with Crippen LogP contribution in [0.25, 0.3) is 16.6 Å². The van der Waals surface area contributed by atoms with Crippen molar-refractivity contribution in [2.45, 2.75) is 38.1 Å². The van der Waals surface area contributed by atoms with E-state index in [4.69, 9.17) is 10.5 Å². The number of H-pyrrole nitrogens is 1. The maximum absolute atomic E-state index is 13.8. The number of fused-ring (bicyclic) bond motifs is 4. The summed E-state index contributed by atoms with van der Waals surface area (Å²) in [6.07, 6.45) is 4.19. The molecule has 4 heterocycles. The first-order chi connectivity index (χ1) is 17.1. The fourth-order valence-electron chi connectivity index (χ4n) is 5.72. The largest absolute Gasteiger partial charge is 0.381 e. The van der Waals surface area contributed by atoms with Crippen LogP contribution in [-0.2, 0) is 11.2 Å². The molecule has 6 rings (SSSR count). The summed E-state index contributed by atoms with van der Waals surface area (Å²) < 4.78 is 7.49. The topological polar surface area (TPSA) is 106 Å². The first-order valence-electron chi connectivity index (χ1n) is 12.3. The van der Waals surface area contributed by atoms with Gasteiger partial charge in [-0.05, 0) is 55.0 Å². The molecule has 1 unspecified atom stereocenters. The van der Waals surface area contributed by atoms with Gasteiger partial charge in [-0.3, -0.25) is 14.0 Å². The van der Waals surface area contributed by atoms with Crippen molar-refractivity contribution >= 4 is 22.5 Å². The number of hydrogen-bond acceptors (Lipinski definition) is 5. The minimum atomic E-state index is -0.211. The fraction of sp³-hybridized carbons (Fsp3) is 0.370. The van der Waals surface area contributed by atoms with E-state index in [1.807, 2.05) is 40.5 Å². The molecule has 0 bridgehead atoms. The van der Waals surface area contributed by atoms with Crippen molar-refractivity contribution in [3.63, 3.8) is 0 Å². The fourth-order valence-corrected chi connectivity index (χ4v) is 5.72. The van der Waals surface area contributed by atoms with Crippen molar-refractivity contribution in [2.24, 2.45) is 5.73 Å². The van der Waals surface area contributed by atoms with Crippen molar-refractivity contribution in [1.29, 1.82) is 0 Å². The maximum atomic E-state index is 13.8. The lowest BCUT2D eigenvalue weighted by atomic mass is 9.91. The van der Waals surface area contributed by atoms with Gasteiger partial charge in [0.2, 0.25) is 0 Å². The normalized spacial score (nSPS) is 18.8. The Balaban J connectivity index is 1.45. The van der Waals surface area contributed by atoms with Gasteiger partial charge >= 0.3 is 0 Å². The molecule has 1 amide bonds. The summed E-state index contributed by atoms with van der Waals surface area (Å²) >= 11 is 0. The van der Waals surface area contributed by atoms with E-state index >= 15 is 0 Å². The van der Waals surface area contributed by atoms with Crippen molar-refractivity contribution < 1.29 is 9.53 Å². The van der Waals surface area contributed by atoms with Crippen LogP contribution in [0.5, 0.6) is 0 Å². The lowest BCUT2D eigenvalue weighted by molar-refractivity contribution is 0.0667. The number of carbonyl (C=O) groups excluding carboxylic acids is 1. The molecule has 0 aliphatic carbocycles. The Morgan fingerprint density at radius 1 is 1.20 bits per heavy atom. The molecule has 1 saturated heterocycles. The van der Waals surface area contributed by atoms with Crippen LogP contribution in [0.1, 0.15) is 57.7 Å². The third-order valence-corrected chi connectivity index (χ3v) is 7.57. The molecule has 1 atom stereocenters. The van der Waals surface area contributed by atoms with E-state index in [1.54, 1.807) is 6.20 Å².